The zero-order valence-corrected chi connectivity index (χ0v) is 17.4. The molecule has 0 aliphatic carbocycles. The highest BCUT2D eigenvalue weighted by Gasteiger charge is 2.34. The molecule has 7 nitrogen and oxygen atoms in total. The predicted octanol–water partition coefficient (Wildman–Crippen LogP) is 3.64. The maximum absolute atomic E-state index is 13.0. The maximum Gasteiger partial charge on any atom is 0.435 e. The van der Waals surface area contributed by atoms with Gasteiger partial charge in [-0.05, 0) is 31.5 Å². The minimum absolute atomic E-state index is 0.0479. The van der Waals surface area contributed by atoms with Crippen LogP contribution in [0.1, 0.15) is 32.0 Å². The molecule has 0 unspecified atom stereocenters. The molecule has 0 spiro atoms. The molecule has 158 valence electrons. The number of sulfone groups is 1. The largest absolute Gasteiger partial charge is 0.435 e. The van der Waals surface area contributed by atoms with E-state index in [-0.39, 0.29) is 33.2 Å². The number of hydrogen-bond acceptors (Lipinski definition) is 6. The summed E-state index contributed by atoms with van der Waals surface area (Å²) in [5.41, 5.74) is -1.39. The SMILES string of the molecule is CCS(=O)(=O)c1cc(C(C)(C)C#N)ccc1-c1nc2cc(C(F)(F)F)nnc2n1C. The first-order chi connectivity index (χ1) is 13.8. The molecule has 2 aromatic heterocycles. The zero-order chi connectivity index (χ0) is 22.5. The van der Waals surface area contributed by atoms with Gasteiger partial charge in [-0.25, -0.2) is 13.4 Å². The first-order valence-corrected chi connectivity index (χ1v) is 10.5. The molecule has 3 aromatic rings. The Morgan fingerprint density at radius 2 is 1.83 bits per heavy atom. The van der Waals surface area contributed by atoms with Crippen LogP contribution in [-0.4, -0.2) is 33.9 Å². The lowest BCUT2D eigenvalue weighted by Gasteiger charge is -2.18. The molecule has 0 saturated heterocycles. The second-order valence-corrected chi connectivity index (χ2v) is 9.53. The average molecular weight is 437 g/mol. The Bertz CT molecular complexity index is 1290. The van der Waals surface area contributed by atoms with Gasteiger partial charge in [0.2, 0.25) is 0 Å². The molecule has 3 rings (SSSR count). The lowest BCUT2D eigenvalue weighted by atomic mass is 9.86. The van der Waals surface area contributed by atoms with Gasteiger partial charge in [-0.3, -0.25) is 0 Å². The molecule has 2 heterocycles. The molecule has 0 N–H and O–H groups in total. The topological polar surface area (TPSA) is 102 Å². The van der Waals surface area contributed by atoms with Crippen LogP contribution in [0.4, 0.5) is 13.2 Å². The van der Waals surface area contributed by atoms with Gasteiger partial charge in [-0.2, -0.15) is 18.4 Å². The third-order valence-electron chi connectivity index (χ3n) is 4.85. The summed E-state index contributed by atoms with van der Waals surface area (Å²) in [5, 5.41) is 16.2. The van der Waals surface area contributed by atoms with E-state index >= 15 is 0 Å². The quantitative estimate of drug-likeness (QED) is 0.618. The predicted molar refractivity (Wildman–Crippen MR) is 103 cm³/mol. The third-order valence-corrected chi connectivity index (χ3v) is 6.61. The van der Waals surface area contributed by atoms with Crippen LogP contribution >= 0.6 is 0 Å². The smallest absolute Gasteiger partial charge is 0.310 e. The maximum atomic E-state index is 13.0. The van der Waals surface area contributed by atoms with Crippen LogP contribution in [0.5, 0.6) is 0 Å². The van der Waals surface area contributed by atoms with Crippen molar-refractivity contribution in [2.45, 2.75) is 37.3 Å². The Morgan fingerprint density at radius 3 is 2.40 bits per heavy atom. The number of fused-ring (bicyclic) bond motifs is 1. The molecule has 0 amide bonds. The number of nitriles is 1. The van der Waals surface area contributed by atoms with Gasteiger partial charge in [0.1, 0.15) is 11.3 Å². The number of aromatic nitrogens is 4. The molecular formula is C19H18F3N5O2S. The van der Waals surface area contributed by atoms with Gasteiger partial charge in [-0.15, -0.1) is 10.2 Å². The highest BCUT2D eigenvalue weighted by atomic mass is 32.2. The Hall–Kier alpha value is -3.00. The molecule has 0 aliphatic heterocycles. The zero-order valence-electron chi connectivity index (χ0n) is 16.6. The molecular weight excluding hydrogens is 419 g/mol. The van der Waals surface area contributed by atoms with E-state index in [1.54, 1.807) is 19.9 Å². The van der Waals surface area contributed by atoms with Gasteiger partial charge in [-0.1, -0.05) is 13.0 Å². The standard InChI is InChI=1S/C19H18F3N5O2S/c1-5-30(28,29)14-8-11(18(2,3)10-23)6-7-12(14)16-24-13-9-15(19(20,21)22)25-26-17(13)27(16)4/h6-9H,5H2,1-4H3. The van der Waals surface area contributed by atoms with E-state index in [1.165, 1.54) is 30.7 Å². The van der Waals surface area contributed by atoms with E-state index in [9.17, 15) is 26.9 Å². The van der Waals surface area contributed by atoms with Crippen LogP contribution in [0.3, 0.4) is 0 Å². The minimum Gasteiger partial charge on any atom is -0.310 e. The van der Waals surface area contributed by atoms with E-state index in [0.717, 1.165) is 6.07 Å². The molecule has 11 heteroatoms. The first-order valence-electron chi connectivity index (χ1n) is 8.88. The number of nitrogens with zero attached hydrogens (tertiary/aromatic N) is 5. The molecule has 30 heavy (non-hydrogen) atoms. The normalized spacial score (nSPS) is 12.9. The van der Waals surface area contributed by atoms with Crippen LogP contribution in [0.2, 0.25) is 0 Å². The summed E-state index contributed by atoms with van der Waals surface area (Å²) in [6.07, 6.45) is -4.68. The number of imidazole rings is 1. The Kier molecular flexibility index (Phi) is 5.10. The monoisotopic (exact) mass is 437 g/mol. The molecule has 0 saturated carbocycles. The second kappa shape index (κ2) is 7.05. The number of rotatable bonds is 4. The number of alkyl halides is 3. The van der Waals surface area contributed by atoms with Crippen molar-refractivity contribution in [2.24, 2.45) is 7.05 Å². The van der Waals surface area contributed by atoms with E-state index in [1.807, 2.05) is 0 Å². The van der Waals surface area contributed by atoms with Crippen LogP contribution in [0.15, 0.2) is 29.2 Å². The van der Waals surface area contributed by atoms with Crippen molar-refractivity contribution in [2.75, 3.05) is 5.75 Å². The van der Waals surface area contributed by atoms with Gasteiger partial charge >= 0.3 is 6.18 Å². The summed E-state index contributed by atoms with van der Waals surface area (Å²) in [5.74, 6) is -0.0646. The number of hydrogen-bond donors (Lipinski definition) is 0. The number of benzene rings is 1. The molecule has 1 aromatic carbocycles. The van der Waals surface area contributed by atoms with Crippen molar-refractivity contribution < 1.29 is 21.6 Å². The molecule has 0 radical (unpaired) electrons. The molecule has 0 atom stereocenters. The lowest BCUT2D eigenvalue weighted by Crippen LogP contribution is -2.16. The molecule has 0 aliphatic rings. The van der Waals surface area contributed by atoms with Gasteiger partial charge in [0.15, 0.2) is 21.2 Å². The van der Waals surface area contributed by atoms with Crippen LogP contribution in [0, 0.1) is 11.3 Å². The van der Waals surface area contributed by atoms with Crippen molar-refractivity contribution in [3.8, 4) is 17.5 Å². The van der Waals surface area contributed by atoms with Crippen molar-refractivity contribution in [3.05, 3.63) is 35.5 Å². The highest BCUT2D eigenvalue weighted by molar-refractivity contribution is 7.91. The van der Waals surface area contributed by atoms with Gasteiger partial charge in [0.25, 0.3) is 0 Å². The Balaban J connectivity index is 2.31. The fraction of sp³-hybridized carbons (Fsp3) is 0.368. The Labute approximate surface area is 171 Å². The third kappa shape index (κ3) is 3.63. The average Bonchev–Trinajstić information content (AvgIpc) is 3.02. The summed E-state index contributed by atoms with van der Waals surface area (Å²) >= 11 is 0. The minimum atomic E-state index is -4.68. The highest BCUT2D eigenvalue weighted by Crippen LogP contribution is 2.34. The van der Waals surface area contributed by atoms with Crippen molar-refractivity contribution in [1.29, 1.82) is 5.26 Å². The van der Waals surface area contributed by atoms with Gasteiger partial charge < -0.3 is 4.57 Å². The molecule has 0 fully saturated rings. The lowest BCUT2D eigenvalue weighted by molar-refractivity contribution is -0.141. The van der Waals surface area contributed by atoms with E-state index < -0.39 is 27.1 Å². The van der Waals surface area contributed by atoms with Crippen molar-refractivity contribution >= 4 is 21.0 Å². The fourth-order valence-corrected chi connectivity index (χ4v) is 4.05. The van der Waals surface area contributed by atoms with Crippen LogP contribution in [0.25, 0.3) is 22.6 Å². The summed E-state index contributed by atoms with van der Waals surface area (Å²) < 4.78 is 65.8. The number of halogens is 3. The van der Waals surface area contributed by atoms with E-state index in [4.69, 9.17) is 0 Å². The summed E-state index contributed by atoms with van der Waals surface area (Å²) in [4.78, 5) is 4.16. The van der Waals surface area contributed by atoms with Crippen LogP contribution < -0.4 is 0 Å². The van der Waals surface area contributed by atoms with Crippen molar-refractivity contribution in [3.63, 3.8) is 0 Å². The van der Waals surface area contributed by atoms with Gasteiger partial charge in [0.05, 0.1) is 22.1 Å². The fourth-order valence-electron chi connectivity index (χ4n) is 2.94. The first kappa shape index (κ1) is 21.7. The van der Waals surface area contributed by atoms with E-state index in [0.29, 0.717) is 5.56 Å². The van der Waals surface area contributed by atoms with Crippen molar-refractivity contribution in [1.82, 2.24) is 19.7 Å². The summed E-state index contributed by atoms with van der Waals surface area (Å²) in [7, 11) is -2.22. The summed E-state index contributed by atoms with van der Waals surface area (Å²) in [6, 6.07) is 7.44. The van der Waals surface area contributed by atoms with Gasteiger partial charge in [0, 0.05) is 18.7 Å². The second-order valence-electron chi connectivity index (χ2n) is 7.28. The Morgan fingerprint density at radius 1 is 1.17 bits per heavy atom. The molecule has 0 bridgehead atoms. The summed E-state index contributed by atoms with van der Waals surface area (Å²) in [6.45, 7) is 4.80. The van der Waals surface area contributed by atoms with E-state index in [2.05, 4.69) is 21.3 Å². The number of aryl methyl sites for hydroxylation is 1. The van der Waals surface area contributed by atoms with Crippen LogP contribution in [-0.2, 0) is 28.5 Å².